The zero-order valence-corrected chi connectivity index (χ0v) is 20.5. The number of amides is 1. The molecule has 1 heterocycles. The molecule has 1 N–H and O–H groups in total. The largest absolute Gasteiger partial charge is 0.316 e. The third kappa shape index (κ3) is 5.17. The molecule has 1 aromatic heterocycles. The van der Waals surface area contributed by atoms with Crippen LogP contribution in [0.15, 0.2) is 56.9 Å². The summed E-state index contributed by atoms with van der Waals surface area (Å²) in [4.78, 5) is 13.1. The average Bonchev–Trinajstić information content (AvgIpc) is 2.92. The number of aromatic nitrogens is 1. The predicted molar refractivity (Wildman–Crippen MR) is 130 cm³/mol. The first kappa shape index (κ1) is 22.7. The minimum atomic E-state index is -0.161. The van der Waals surface area contributed by atoms with Crippen LogP contribution in [0.3, 0.4) is 0 Å². The molecule has 2 aromatic carbocycles. The number of aryl methyl sites for hydroxylation is 2. The van der Waals surface area contributed by atoms with Crippen molar-refractivity contribution in [3.05, 3.63) is 80.0 Å². The molecule has 7 heteroatoms. The van der Waals surface area contributed by atoms with E-state index in [0.717, 1.165) is 32.0 Å². The summed E-state index contributed by atoms with van der Waals surface area (Å²) in [6.07, 6.45) is 1.69. The highest BCUT2D eigenvalue weighted by molar-refractivity contribution is 9.10. The van der Waals surface area contributed by atoms with Gasteiger partial charge in [-0.2, -0.15) is 5.10 Å². The van der Waals surface area contributed by atoms with Crippen molar-refractivity contribution in [3.63, 3.8) is 0 Å². The van der Waals surface area contributed by atoms with Crippen LogP contribution in [0, 0.1) is 27.7 Å². The normalized spacial score (nSPS) is 11.3. The average molecular weight is 505 g/mol. The van der Waals surface area contributed by atoms with Gasteiger partial charge in [0.25, 0.3) is 0 Å². The van der Waals surface area contributed by atoms with Crippen molar-refractivity contribution in [2.24, 2.45) is 5.10 Å². The summed E-state index contributed by atoms with van der Waals surface area (Å²) in [6.45, 7) is 8.32. The highest BCUT2D eigenvalue weighted by atomic mass is 79.9. The maximum absolute atomic E-state index is 12.1. The van der Waals surface area contributed by atoms with Gasteiger partial charge in [-0.05, 0) is 85.1 Å². The van der Waals surface area contributed by atoms with Crippen LogP contribution in [0.2, 0.25) is 5.02 Å². The second-order valence-corrected chi connectivity index (χ2v) is 9.34. The van der Waals surface area contributed by atoms with Gasteiger partial charge >= 0.3 is 0 Å². The van der Waals surface area contributed by atoms with E-state index in [-0.39, 0.29) is 11.7 Å². The summed E-state index contributed by atoms with van der Waals surface area (Å²) < 4.78 is 3.18. The van der Waals surface area contributed by atoms with Crippen molar-refractivity contribution in [1.29, 1.82) is 0 Å². The van der Waals surface area contributed by atoms with E-state index in [1.165, 1.54) is 22.9 Å². The molecular formula is C23H23BrClN3OS. The molecular weight excluding hydrogens is 482 g/mol. The fraction of sp³-hybridized carbons (Fsp3) is 0.217. The van der Waals surface area contributed by atoms with E-state index < -0.39 is 0 Å². The molecule has 0 saturated carbocycles. The van der Waals surface area contributed by atoms with Crippen LogP contribution >= 0.6 is 39.3 Å². The Morgan fingerprint density at radius 2 is 1.83 bits per heavy atom. The third-order valence-corrected chi connectivity index (χ3v) is 7.05. The van der Waals surface area contributed by atoms with Gasteiger partial charge in [0.05, 0.1) is 12.0 Å². The van der Waals surface area contributed by atoms with Gasteiger partial charge in [0, 0.05) is 37.0 Å². The van der Waals surface area contributed by atoms with E-state index in [9.17, 15) is 4.79 Å². The number of thioether (sulfide) groups is 1. The number of rotatable bonds is 6. The standard InChI is InChI=1S/C23H23BrClN3OS/c1-14-5-6-15(2)21(11-14)28-16(3)20(23(24)17(28)4)12-26-27-22(29)13-30-19-9-7-18(25)8-10-19/h5-12H,13H2,1-4H3,(H,27,29)/b26-12-. The molecule has 4 nitrogen and oxygen atoms in total. The first-order chi connectivity index (χ1) is 14.3. The Hall–Kier alpha value is -2.02. The summed E-state index contributed by atoms with van der Waals surface area (Å²) in [5, 5.41) is 4.85. The van der Waals surface area contributed by atoms with E-state index in [4.69, 9.17) is 11.6 Å². The van der Waals surface area contributed by atoms with Gasteiger partial charge in [0.2, 0.25) is 5.91 Å². The molecule has 0 saturated heterocycles. The number of hydrogen-bond donors (Lipinski definition) is 1. The van der Waals surface area contributed by atoms with Gasteiger partial charge in [-0.25, -0.2) is 5.43 Å². The predicted octanol–water partition coefficient (Wildman–Crippen LogP) is 6.37. The minimum absolute atomic E-state index is 0.161. The molecule has 0 aliphatic carbocycles. The van der Waals surface area contributed by atoms with Crippen molar-refractivity contribution in [2.75, 3.05) is 5.75 Å². The summed E-state index contributed by atoms with van der Waals surface area (Å²) in [5.74, 6) is 0.118. The van der Waals surface area contributed by atoms with E-state index in [2.05, 4.69) is 76.9 Å². The van der Waals surface area contributed by atoms with Crippen LogP contribution in [0.5, 0.6) is 0 Å². The highest BCUT2D eigenvalue weighted by Gasteiger charge is 2.17. The van der Waals surface area contributed by atoms with E-state index in [0.29, 0.717) is 5.02 Å². The second kappa shape index (κ2) is 9.86. The summed E-state index contributed by atoms with van der Waals surface area (Å²) >= 11 is 11.0. The number of nitrogens with zero attached hydrogens (tertiary/aromatic N) is 2. The Balaban J connectivity index is 1.72. The van der Waals surface area contributed by atoms with Gasteiger partial charge in [0.1, 0.15) is 0 Å². The van der Waals surface area contributed by atoms with Crippen LogP contribution in [0.1, 0.15) is 28.1 Å². The lowest BCUT2D eigenvalue weighted by Gasteiger charge is -2.13. The number of hydrogen-bond acceptors (Lipinski definition) is 3. The number of halogens is 2. The minimum Gasteiger partial charge on any atom is -0.316 e. The molecule has 0 aliphatic heterocycles. The zero-order valence-electron chi connectivity index (χ0n) is 17.3. The molecule has 3 aromatic rings. The van der Waals surface area contributed by atoms with Gasteiger partial charge in [-0.1, -0.05) is 23.7 Å². The Kier molecular flexibility index (Phi) is 7.45. The van der Waals surface area contributed by atoms with E-state index in [1.807, 2.05) is 24.3 Å². The molecule has 0 spiro atoms. The summed E-state index contributed by atoms with van der Waals surface area (Å²) in [7, 11) is 0. The zero-order chi connectivity index (χ0) is 21.8. The Morgan fingerprint density at radius 1 is 1.13 bits per heavy atom. The fourth-order valence-electron chi connectivity index (χ4n) is 3.18. The monoisotopic (exact) mass is 503 g/mol. The van der Waals surface area contributed by atoms with Crippen LogP contribution in [0.25, 0.3) is 5.69 Å². The number of carbonyl (C=O) groups excluding carboxylic acids is 1. The molecule has 0 radical (unpaired) electrons. The lowest BCUT2D eigenvalue weighted by atomic mass is 10.1. The van der Waals surface area contributed by atoms with Crippen LogP contribution < -0.4 is 5.43 Å². The molecule has 156 valence electrons. The lowest BCUT2D eigenvalue weighted by molar-refractivity contribution is -0.118. The van der Waals surface area contributed by atoms with Crippen molar-refractivity contribution < 1.29 is 4.79 Å². The maximum Gasteiger partial charge on any atom is 0.250 e. The van der Waals surface area contributed by atoms with Crippen molar-refractivity contribution in [3.8, 4) is 5.69 Å². The molecule has 1 amide bonds. The van der Waals surface area contributed by atoms with E-state index >= 15 is 0 Å². The lowest BCUT2D eigenvalue weighted by Crippen LogP contribution is -2.19. The molecule has 3 rings (SSSR count). The first-order valence-electron chi connectivity index (χ1n) is 9.43. The second-order valence-electron chi connectivity index (χ2n) is 7.06. The van der Waals surface area contributed by atoms with Crippen LogP contribution in [-0.4, -0.2) is 22.4 Å². The van der Waals surface area contributed by atoms with Crippen molar-refractivity contribution in [2.45, 2.75) is 32.6 Å². The van der Waals surface area contributed by atoms with E-state index in [1.54, 1.807) is 6.21 Å². The van der Waals surface area contributed by atoms with Crippen LogP contribution in [0.4, 0.5) is 0 Å². The van der Waals surface area contributed by atoms with Crippen molar-refractivity contribution in [1.82, 2.24) is 9.99 Å². The molecule has 0 atom stereocenters. The molecule has 0 fully saturated rings. The van der Waals surface area contributed by atoms with Gasteiger partial charge in [-0.3, -0.25) is 4.79 Å². The smallest absolute Gasteiger partial charge is 0.250 e. The topological polar surface area (TPSA) is 46.4 Å². The first-order valence-corrected chi connectivity index (χ1v) is 11.6. The number of nitrogens with one attached hydrogen (secondary N) is 1. The van der Waals surface area contributed by atoms with Gasteiger partial charge in [-0.15, -0.1) is 11.8 Å². The number of benzene rings is 2. The summed E-state index contributed by atoms with van der Waals surface area (Å²) in [5.41, 5.74) is 9.26. The molecule has 0 aliphatic rings. The molecule has 30 heavy (non-hydrogen) atoms. The fourth-order valence-corrected chi connectivity index (χ4v) is 4.56. The Morgan fingerprint density at radius 3 is 2.53 bits per heavy atom. The SMILES string of the molecule is Cc1ccc(C)c(-n2c(C)c(Br)c(/C=N\NC(=O)CSc3ccc(Cl)cc3)c2C)c1. The third-order valence-electron chi connectivity index (χ3n) is 4.79. The summed E-state index contributed by atoms with van der Waals surface area (Å²) in [6, 6.07) is 13.8. The highest BCUT2D eigenvalue weighted by Crippen LogP contribution is 2.31. The number of carbonyl (C=O) groups is 1. The van der Waals surface area contributed by atoms with Gasteiger partial charge < -0.3 is 4.57 Å². The quantitative estimate of drug-likeness (QED) is 0.241. The maximum atomic E-state index is 12.1. The Bertz CT molecular complexity index is 1110. The molecule has 0 bridgehead atoms. The Labute approximate surface area is 194 Å². The number of hydrazone groups is 1. The van der Waals surface area contributed by atoms with Crippen LogP contribution in [-0.2, 0) is 4.79 Å². The van der Waals surface area contributed by atoms with Gasteiger partial charge in [0.15, 0.2) is 0 Å². The van der Waals surface area contributed by atoms with Crippen molar-refractivity contribution >= 4 is 51.4 Å². The molecule has 0 unspecified atom stereocenters.